The van der Waals surface area contributed by atoms with Crippen LogP contribution in [0, 0.1) is 0 Å². The van der Waals surface area contributed by atoms with Gasteiger partial charge in [0, 0.05) is 23.7 Å². The van der Waals surface area contributed by atoms with Gasteiger partial charge in [0.25, 0.3) is 5.91 Å². The van der Waals surface area contributed by atoms with Gasteiger partial charge in [-0.2, -0.15) is 5.10 Å². The standard InChI is InChI=1S/C27H24Cl2N4O2/c1-2-15-32(27(35)20-13-14-22(28)23(29)16-20)18-26(34)30-25-17-24(19-9-5-3-6-10-19)31-33(25)21-11-7-4-8-12-21/h3-14,16-17H,2,15,18H2,1H3,(H,30,34). The molecule has 1 N–H and O–H groups in total. The van der Waals surface area contributed by atoms with Crippen LogP contribution in [0.25, 0.3) is 16.9 Å². The zero-order valence-electron chi connectivity index (χ0n) is 19.1. The highest BCUT2D eigenvalue weighted by Gasteiger charge is 2.21. The number of halogens is 2. The van der Waals surface area contributed by atoms with Crippen LogP contribution in [0.3, 0.4) is 0 Å². The molecule has 1 heterocycles. The van der Waals surface area contributed by atoms with E-state index >= 15 is 0 Å². The van der Waals surface area contributed by atoms with Gasteiger partial charge in [0.2, 0.25) is 5.91 Å². The first kappa shape index (κ1) is 24.5. The van der Waals surface area contributed by atoms with Crippen molar-refractivity contribution in [2.24, 2.45) is 0 Å². The fourth-order valence-corrected chi connectivity index (χ4v) is 3.97. The first-order valence-electron chi connectivity index (χ1n) is 11.2. The van der Waals surface area contributed by atoms with Crippen molar-refractivity contribution in [2.75, 3.05) is 18.4 Å². The van der Waals surface area contributed by atoms with Crippen LogP contribution in [0.2, 0.25) is 10.0 Å². The molecule has 6 nitrogen and oxygen atoms in total. The number of nitrogens with zero attached hydrogens (tertiary/aromatic N) is 3. The van der Waals surface area contributed by atoms with Gasteiger partial charge in [-0.3, -0.25) is 9.59 Å². The van der Waals surface area contributed by atoms with E-state index in [1.807, 2.05) is 73.7 Å². The molecule has 4 aromatic rings. The van der Waals surface area contributed by atoms with Crippen molar-refractivity contribution >= 4 is 40.8 Å². The summed E-state index contributed by atoms with van der Waals surface area (Å²) in [7, 11) is 0. The van der Waals surface area contributed by atoms with Crippen LogP contribution in [-0.4, -0.2) is 39.6 Å². The van der Waals surface area contributed by atoms with Crippen molar-refractivity contribution in [1.29, 1.82) is 0 Å². The van der Waals surface area contributed by atoms with Gasteiger partial charge in [0.1, 0.15) is 12.4 Å². The molecule has 0 fully saturated rings. The third-order valence-electron chi connectivity index (χ3n) is 5.33. The van der Waals surface area contributed by atoms with Crippen LogP contribution >= 0.6 is 23.2 Å². The summed E-state index contributed by atoms with van der Waals surface area (Å²) in [5.74, 6) is -0.107. The average molecular weight is 507 g/mol. The van der Waals surface area contributed by atoms with Gasteiger partial charge in [0.05, 0.1) is 21.4 Å². The highest BCUT2D eigenvalue weighted by Crippen LogP contribution is 2.25. The number of hydrogen-bond donors (Lipinski definition) is 1. The van der Waals surface area contributed by atoms with Crippen molar-refractivity contribution in [1.82, 2.24) is 14.7 Å². The lowest BCUT2D eigenvalue weighted by molar-refractivity contribution is -0.116. The van der Waals surface area contributed by atoms with Crippen LogP contribution in [0.5, 0.6) is 0 Å². The Balaban J connectivity index is 1.58. The molecule has 3 aromatic carbocycles. The van der Waals surface area contributed by atoms with E-state index in [4.69, 9.17) is 28.3 Å². The Morgan fingerprint density at radius 2 is 1.60 bits per heavy atom. The average Bonchev–Trinajstić information content (AvgIpc) is 3.29. The fraction of sp³-hybridized carbons (Fsp3) is 0.148. The normalized spacial score (nSPS) is 10.7. The molecule has 0 unspecified atom stereocenters. The molecule has 0 spiro atoms. The van der Waals surface area contributed by atoms with E-state index in [1.165, 1.54) is 11.0 Å². The van der Waals surface area contributed by atoms with Crippen molar-refractivity contribution in [2.45, 2.75) is 13.3 Å². The second-order valence-corrected chi connectivity index (χ2v) is 8.75. The summed E-state index contributed by atoms with van der Waals surface area (Å²) in [6, 6.07) is 25.8. The molecular weight excluding hydrogens is 483 g/mol. The Kier molecular flexibility index (Phi) is 7.85. The minimum absolute atomic E-state index is 0.118. The lowest BCUT2D eigenvalue weighted by atomic mass is 10.1. The predicted octanol–water partition coefficient (Wildman–Crippen LogP) is 6.34. The molecule has 178 valence electrons. The van der Waals surface area contributed by atoms with Gasteiger partial charge in [0.15, 0.2) is 0 Å². The number of rotatable bonds is 8. The minimum atomic E-state index is -0.330. The number of amides is 2. The zero-order valence-corrected chi connectivity index (χ0v) is 20.6. The number of para-hydroxylation sites is 1. The first-order valence-corrected chi connectivity index (χ1v) is 12.0. The molecule has 2 amide bonds. The summed E-state index contributed by atoms with van der Waals surface area (Å²) in [5, 5.41) is 8.31. The Hall–Kier alpha value is -3.61. The Morgan fingerprint density at radius 3 is 2.26 bits per heavy atom. The van der Waals surface area contributed by atoms with E-state index in [0.717, 1.165) is 16.9 Å². The van der Waals surface area contributed by atoms with Crippen LogP contribution in [0.15, 0.2) is 84.9 Å². The number of anilines is 1. The second-order valence-electron chi connectivity index (χ2n) is 7.93. The van der Waals surface area contributed by atoms with Crippen LogP contribution in [0.4, 0.5) is 5.82 Å². The van der Waals surface area contributed by atoms with Crippen LogP contribution in [0.1, 0.15) is 23.7 Å². The quantitative estimate of drug-likeness (QED) is 0.303. The number of hydrogen-bond acceptors (Lipinski definition) is 3. The number of benzene rings is 3. The maximum Gasteiger partial charge on any atom is 0.254 e. The molecule has 0 aliphatic rings. The van der Waals surface area contributed by atoms with Crippen molar-refractivity contribution in [3.63, 3.8) is 0 Å². The first-order chi connectivity index (χ1) is 17.0. The lowest BCUT2D eigenvalue weighted by Gasteiger charge is -2.22. The topological polar surface area (TPSA) is 67.2 Å². The van der Waals surface area contributed by atoms with Crippen LogP contribution < -0.4 is 5.32 Å². The largest absolute Gasteiger partial charge is 0.329 e. The zero-order chi connectivity index (χ0) is 24.8. The van der Waals surface area contributed by atoms with Gasteiger partial charge in [-0.05, 0) is 36.8 Å². The molecule has 1 aromatic heterocycles. The summed E-state index contributed by atoms with van der Waals surface area (Å²) in [5.41, 5.74) is 2.84. The van der Waals surface area contributed by atoms with Crippen LogP contribution in [-0.2, 0) is 4.79 Å². The number of aromatic nitrogens is 2. The summed E-state index contributed by atoms with van der Waals surface area (Å²) in [6.45, 7) is 2.25. The summed E-state index contributed by atoms with van der Waals surface area (Å²) >= 11 is 12.1. The SMILES string of the molecule is CCCN(CC(=O)Nc1cc(-c2ccccc2)nn1-c1ccccc1)C(=O)c1ccc(Cl)c(Cl)c1. The monoisotopic (exact) mass is 506 g/mol. The molecule has 4 rings (SSSR count). The van der Waals surface area contributed by atoms with Gasteiger partial charge < -0.3 is 10.2 Å². The molecule has 8 heteroatoms. The number of carbonyl (C=O) groups excluding carboxylic acids is 2. The highest BCUT2D eigenvalue weighted by molar-refractivity contribution is 6.42. The molecule has 0 saturated carbocycles. The summed E-state index contributed by atoms with van der Waals surface area (Å²) < 4.78 is 1.69. The number of carbonyl (C=O) groups is 2. The van der Waals surface area contributed by atoms with Crippen molar-refractivity contribution in [3.8, 4) is 16.9 Å². The molecule has 0 bridgehead atoms. The molecule has 0 aliphatic carbocycles. The summed E-state index contributed by atoms with van der Waals surface area (Å²) in [4.78, 5) is 27.7. The van der Waals surface area contributed by atoms with Gasteiger partial charge in [-0.1, -0.05) is 78.7 Å². The Bertz CT molecular complexity index is 1320. The molecule has 0 aliphatic heterocycles. The van der Waals surface area contributed by atoms with Gasteiger partial charge in [-0.15, -0.1) is 0 Å². The van der Waals surface area contributed by atoms with E-state index in [9.17, 15) is 9.59 Å². The van der Waals surface area contributed by atoms with E-state index < -0.39 is 0 Å². The maximum absolute atomic E-state index is 13.1. The molecule has 0 atom stereocenters. The maximum atomic E-state index is 13.1. The molecular formula is C27H24Cl2N4O2. The van der Waals surface area contributed by atoms with E-state index in [-0.39, 0.29) is 18.4 Å². The van der Waals surface area contributed by atoms with E-state index in [2.05, 4.69) is 5.32 Å². The molecule has 0 saturated heterocycles. The van der Waals surface area contributed by atoms with E-state index in [1.54, 1.807) is 16.8 Å². The van der Waals surface area contributed by atoms with Crippen molar-refractivity contribution < 1.29 is 9.59 Å². The second kappa shape index (κ2) is 11.2. The molecule has 35 heavy (non-hydrogen) atoms. The van der Waals surface area contributed by atoms with Crippen molar-refractivity contribution in [3.05, 3.63) is 101 Å². The van der Waals surface area contributed by atoms with E-state index in [0.29, 0.717) is 34.4 Å². The van der Waals surface area contributed by atoms with Gasteiger partial charge >= 0.3 is 0 Å². The Labute approximate surface area is 214 Å². The van der Waals surface area contributed by atoms with Gasteiger partial charge in [-0.25, -0.2) is 4.68 Å². The fourth-order valence-electron chi connectivity index (χ4n) is 3.68. The predicted molar refractivity (Wildman–Crippen MR) is 140 cm³/mol. The third-order valence-corrected chi connectivity index (χ3v) is 6.07. The number of nitrogens with one attached hydrogen (secondary N) is 1. The smallest absolute Gasteiger partial charge is 0.254 e. The minimum Gasteiger partial charge on any atom is -0.329 e. The lowest BCUT2D eigenvalue weighted by Crippen LogP contribution is -2.38. The Morgan fingerprint density at radius 1 is 0.914 bits per heavy atom. The highest BCUT2D eigenvalue weighted by atomic mass is 35.5. The summed E-state index contributed by atoms with van der Waals surface area (Å²) in [6.07, 6.45) is 0.695. The molecule has 0 radical (unpaired) electrons. The third kappa shape index (κ3) is 5.91.